The lowest BCUT2D eigenvalue weighted by Gasteiger charge is -2.18. The fraction of sp³-hybridized carbons (Fsp3) is 0.278. The lowest BCUT2D eigenvalue weighted by molar-refractivity contribution is -0.132. The summed E-state index contributed by atoms with van der Waals surface area (Å²) in [6, 6.07) is 8.81. The predicted octanol–water partition coefficient (Wildman–Crippen LogP) is 1.72. The minimum absolute atomic E-state index is 0.108. The van der Waals surface area contributed by atoms with Gasteiger partial charge in [-0.3, -0.25) is 14.4 Å². The van der Waals surface area contributed by atoms with E-state index in [0.29, 0.717) is 0 Å². The molecule has 0 fully saturated rings. The number of likely N-dealkylation sites (N-methyl/N-ethyl adjacent to an activating group) is 1. The Balaban J connectivity index is 1.84. The maximum absolute atomic E-state index is 12.1. The predicted molar refractivity (Wildman–Crippen MR) is 93.2 cm³/mol. The summed E-state index contributed by atoms with van der Waals surface area (Å²) in [5.74, 6) is -1.03. The Kier molecular flexibility index (Phi) is 5.94. The fourth-order valence-corrected chi connectivity index (χ4v) is 2.28. The van der Waals surface area contributed by atoms with Crippen molar-refractivity contribution >= 4 is 23.4 Å². The number of hydrogen-bond acceptors (Lipinski definition) is 4. The van der Waals surface area contributed by atoms with E-state index in [1.165, 1.54) is 24.3 Å². The molecular formula is C18H21N3O4. The van der Waals surface area contributed by atoms with Gasteiger partial charge in [0, 0.05) is 12.7 Å². The Bertz CT molecular complexity index is 748. The lowest BCUT2D eigenvalue weighted by atomic mass is 10.1. The smallest absolute Gasteiger partial charge is 0.287 e. The van der Waals surface area contributed by atoms with Crippen LogP contribution in [0.1, 0.15) is 21.7 Å². The highest BCUT2D eigenvalue weighted by Crippen LogP contribution is 2.19. The number of para-hydroxylation sites is 1. The number of benzene rings is 1. The summed E-state index contributed by atoms with van der Waals surface area (Å²) in [6.45, 7) is 3.49. The molecule has 7 nitrogen and oxygen atoms in total. The minimum atomic E-state index is -0.480. The van der Waals surface area contributed by atoms with Gasteiger partial charge in [-0.1, -0.05) is 18.2 Å². The first-order valence-corrected chi connectivity index (χ1v) is 7.80. The van der Waals surface area contributed by atoms with E-state index in [4.69, 9.17) is 4.42 Å². The quantitative estimate of drug-likeness (QED) is 0.835. The van der Waals surface area contributed by atoms with Crippen molar-refractivity contribution in [3.8, 4) is 0 Å². The van der Waals surface area contributed by atoms with Gasteiger partial charge in [0.1, 0.15) is 0 Å². The minimum Gasteiger partial charge on any atom is -0.459 e. The molecule has 3 amide bonds. The third-order valence-electron chi connectivity index (χ3n) is 3.70. The fourth-order valence-electron chi connectivity index (χ4n) is 2.28. The van der Waals surface area contributed by atoms with Crippen molar-refractivity contribution in [2.45, 2.75) is 13.8 Å². The van der Waals surface area contributed by atoms with Crippen molar-refractivity contribution in [3.05, 3.63) is 53.5 Å². The van der Waals surface area contributed by atoms with E-state index in [-0.39, 0.29) is 30.7 Å². The summed E-state index contributed by atoms with van der Waals surface area (Å²) in [4.78, 5) is 37.2. The highest BCUT2D eigenvalue weighted by Gasteiger charge is 2.16. The third-order valence-corrected chi connectivity index (χ3v) is 3.70. The van der Waals surface area contributed by atoms with E-state index in [1.807, 2.05) is 32.0 Å². The molecule has 132 valence electrons. The Morgan fingerprint density at radius 2 is 1.76 bits per heavy atom. The molecule has 0 aliphatic rings. The molecule has 0 saturated carbocycles. The van der Waals surface area contributed by atoms with Crippen LogP contribution in [0.15, 0.2) is 41.0 Å². The van der Waals surface area contributed by atoms with E-state index in [1.54, 1.807) is 6.07 Å². The van der Waals surface area contributed by atoms with Gasteiger partial charge in [-0.05, 0) is 37.1 Å². The molecule has 0 unspecified atom stereocenters. The van der Waals surface area contributed by atoms with E-state index >= 15 is 0 Å². The summed E-state index contributed by atoms with van der Waals surface area (Å²) in [5, 5.41) is 5.27. The Labute approximate surface area is 146 Å². The van der Waals surface area contributed by atoms with Crippen molar-refractivity contribution in [1.29, 1.82) is 0 Å². The van der Waals surface area contributed by atoms with Crippen molar-refractivity contribution in [1.82, 2.24) is 10.2 Å². The highest BCUT2D eigenvalue weighted by atomic mass is 16.3. The molecule has 0 aliphatic carbocycles. The molecule has 0 bridgehead atoms. The van der Waals surface area contributed by atoms with Crippen LogP contribution in [0.2, 0.25) is 0 Å². The number of hydrogen-bond donors (Lipinski definition) is 2. The van der Waals surface area contributed by atoms with E-state index in [2.05, 4.69) is 10.6 Å². The third kappa shape index (κ3) is 4.94. The summed E-state index contributed by atoms with van der Waals surface area (Å²) in [6.07, 6.45) is 1.38. The summed E-state index contributed by atoms with van der Waals surface area (Å²) >= 11 is 0. The van der Waals surface area contributed by atoms with Crippen molar-refractivity contribution in [2.24, 2.45) is 0 Å². The van der Waals surface area contributed by atoms with Gasteiger partial charge in [-0.25, -0.2) is 0 Å². The number of aryl methyl sites for hydroxylation is 2. The van der Waals surface area contributed by atoms with Crippen LogP contribution < -0.4 is 10.6 Å². The van der Waals surface area contributed by atoms with Gasteiger partial charge in [-0.2, -0.15) is 0 Å². The SMILES string of the molecule is Cc1cccc(C)c1NC(=O)CN(C)C(=O)CNC(=O)c1ccco1. The van der Waals surface area contributed by atoms with Gasteiger partial charge in [0.05, 0.1) is 19.4 Å². The number of nitrogens with zero attached hydrogens (tertiary/aromatic N) is 1. The number of rotatable bonds is 6. The molecule has 7 heteroatoms. The van der Waals surface area contributed by atoms with Crippen LogP contribution in [0.3, 0.4) is 0 Å². The zero-order valence-corrected chi connectivity index (χ0v) is 14.5. The molecule has 0 aliphatic heterocycles. The van der Waals surface area contributed by atoms with Crippen LogP contribution in [0.5, 0.6) is 0 Å². The van der Waals surface area contributed by atoms with E-state index in [0.717, 1.165) is 16.8 Å². The Hall–Kier alpha value is -3.09. The van der Waals surface area contributed by atoms with Crippen LogP contribution in [0.4, 0.5) is 5.69 Å². The standard InChI is InChI=1S/C18H21N3O4/c1-12-6-4-7-13(2)17(12)20-15(22)11-21(3)16(23)10-19-18(24)14-8-5-9-25-14/h4-9H,10-11H2,1-3H3,(H,19,24)(H,20,22). The van der Waals surface area contributed by atoms with Crippen molar-refractivity contribution in [2.75, 3.05) is 25.5 Å². The van der Waals surface area contributed by atoms with Gasteiger partial charge in [0.25, 0.3) is 5.91 Å². The molecule has 1 aromatic heterocycles. The second-order valence-corrected chi connectivity index (χ2v) is 5.72. The number of amides is 3. The maximum Gasteiger partial charge on any atom is 0.287 e. The molecular weight excluding hydrogens is 322 g/mol. The van der Waals surface area contributed by atoms with Crippen molar-refractivity contribution < 1.29 is 18.8 Å². The Morgan fingerprint density at radius 1 is 1.08 bits per heavy atom. The first-order chi connectivity index (χ1) is 11.9. The van der Waals surface area contributed by atoms with E-state index < -0.39 is 5.91 Å². The second kappa shape index (κ2) is 8.14. The molecule has 2 aromatic rings. The Morgan fingerprint density at radius 3 is 2.36 bits per heavy atom. The molecule has 0 spiro atoms. The van der Waals surface area contributed by atoms with Gasteiger partial charge in [0.15, 0.2) is 5.76 Å². The largest absolute Gasteiger partial charge is 0.459 e. The average molecular weight is 343 g/mol. The summed E-state index contributed by atoms with van der Waals surface area (Å²) < 4.78 is 4.94. The first kappa shape index (κ1) is 18.3. The van der Waals surface area contributed by atoms with Crippen LogP contribution in [-0.4, -0.2) is 42.8 Å². The van der Waals surface area contributed by atoms with Crippen LogP contribution in [-0.2, 0) is 9.59 Å². The molecule has 0 saturated heterocycles. The molecule has 1 heterocycles. The zero-order valence-electron chi connectivity index (χ0n) is 14.5. The first-order valence-electron chi connectivity index (χ1n) is 7.80. The number of carbonyl (C=O) groups excluding carboxylic acids is 3. The summed E-state index contributed by atoms with van der Waals surface area (Å²) in [7, 11) is 1.51. The van der Waals surface area contributed by atoms with Crippen LogP contribution in [0.25, 0.3) is 0 Å². The second-order valence-electron chi connectivity index (χ2n) is 5.72. The topological polar surface area (TPSA) is 91.7 Å². The van der Waals surface area contributed by atoms with Gasteiger partial charge in [0.2, 0.25) is 11.8 Å². The normalized spacial score (nSPS) is 10.2. The number of carbonyl (C=O) groups is 3. The van der Waals surface area contributed by atoms with E-state index in [9.17, 15) is 14.4 Å². The van der Waals surface area contributed by atoms with Gasteiger partial charge in [-0.15, -0.1) is 0 Å². The maximum atomic E-state index is 12.1. The zero-order chi connectivity index (χ0) is 18.4. The molecule has 2 N–H and O–H groups in total. The van der Waals surface area contributed by atoms with Crippen LogP contribution in [0, 0.1) is 13.8 Å². The molecule has 25 heavy (non-hydrogen) atoms. The average Bonchev–Trinajstić information content (AvgIpc) is 3.10. The molecule has 2 rings (SSSR count). The van der Waals surface area contributed by atoms with Crippen LogP contribution >= 0.6 is 0 Å². The summed E-state index contributed by atoms with van der Waals surface area (Å²) in [5.41, 5.74) is 2.65. The lowest BCUT2D eigenvalue weighted by Crippen LogP contribution is -2.41. The number of nitrogens with one attached hydrogen (secondary N) is 2. The highest BCUT2D eigenvalue weighted by molar-refractivity contribution is 5.97. The number of furan rings is 1. The number of anilines is 1. The molecule has 0 radical (unpaired) electrons. The monoisotopic (exact) mass is 343 g/mol. The molecule has 1 aromatic carbocycles. The van der Waals surface area contributed by atoms with Gasteiger partial charge < -0.3 is 20.0 Å². The molecule has 0 atom stereocenters. The van der Waals surface area contributed by atoms with Crippen molar-refractivity contribution in [3.63, 3.8) is 0 Å². The van der Waals surface area contributed by atoms with Gasteiger partial charge >= 0.3 is 0 Å².